The van der Waals surface area contributed by atoms with Gasteiger partial charge in [0, 0.05) is 31.9 Å². The second kappa shape index (κ2) is 11.5. The van der Waals surface area contributed by atoms with Crippen LogP contribution in [-0.2, 0) is 14.3 Å². The number of anilines is 1. The Morgan fingerprint density at radius 2 is 1.49 bits per heavy atom. The van der Waals surface area contributed by atoms with Crippen molar-refractivity contribution in [1.29, 1.82) is 0 Å². The molecule has 0 aromatic heterocycles. The summed E-state index contributed by atoms with van der Waals surface area (Å²) in [7, 11) is 0. The van der Waals surface area contributed by atoms with Crippen molar-refractivity contribution in [1.82, 2.24) is 4.90 Å². The number of amides is 1. The summed E-state index contributed by atoms with van der Waals surface area (Å²) >= 11 is 0. The molecule has 2 aromatic carbocycles. The average Bonchev–Trinajstić information content (AvgIpc) is 2.81. The molecule has 1 fully saturated rings. The first-order valence-corrected chi connectivity index (χ1v) is 11.6. The van der Waals surface area contributed by atoms with E-state index in [4.69, 9.17) is 4.74 Å². The standard InChI is InChI=1S/C28H32N2O5/c1-28(2,3)35-27(34)30-18-16-29(17-19-30)26-7-5-4-6-22(26)11-15-25(33)20-24(32)14-10-21-8-12-23(31)13-9-21/h4-15,31H,16-20H2,1-3H3. The average molecular weight is 477 g/mol. The maximum atomic E-state index is 12.4. The minimum absolute atomic E-state index is 0.152. The van der Waals surface area contributed by atoms with Gasteiger partial charge in [-0.15, -0.1) is 0 Å². The van der Waals surface area contributed by atoms with Crippen LogP contribution in [0.5, 0.6) is 5.75 Å². The summed E-state index contributed by atoms with van der Waals surface area (Å²) in [6, 6.07) is 14.2. The quantitative estimate of drug-likeness (QED) is 0.460. The fourth-order valence-electron chi connectivity index (χ4n) is 3.62. The number of hydrogen-bond donors (Lipinski definition) is 1. The lowest BCUT2D eigenvalue weighted by Crippen LogP contribution is -2.50. The molecule has 7 heteroatoms. The van der Waals surface area contributed by atoms with Gasteiger partial charge in [-0.3, -0.25) is 9.59 Å². The van der Waals surface area contributed by atoms with Crippen LogP contribution in [-0.4, -0.2) is 59.4 Å². The van der Waals surface area contributed by atoms with Gasteiger partial charge in [-0.1, -0.05) is 36.4 Å². The third-order valence-electron chi connectivity index (χ3n) is 5.36. The van der Waals surface area contributed by atoms with Crippen molar-refractivity contribution in [2.24, 2.45) is 0 Å². The first-order chi connectivity index (χ1) is 16.6. The van der Waals surface area contributed by atoms with E-state index < -0.39 is 5.60 Å². The smallest absolute Gasteiger partial charge is 0.410 e. The van der Waals surface area contributed by atoms with Crippen molar-refractivity contribution < 1.29 is 24.2 Å². The molecule has 2 aromatic rings. The maximum Gasteiger partial charge on any atom is 0.410 e. The third-order valence-corrected chi connectivity index (χ3v) is 5.36. The number of hydrogen-bond acceptors (Lipinski definition) is 6. The van der Waals surface area contributed by atoms with Gasteiger partial charge < -0.3 is 19.6 Å². The minimum atomic E-state index is -0.527. The van der Waals surface area contributed by atoms with Crippen molar-refractivity contribution in [2.45, 2.75) is 32.8 Å². The van der Waals surface area contributed by atoms with Crippen LogP contribution in [0.2, 0.25) is 0 Å². The van der Waals surface area contributed by atoms with E-state index in [1.54, 1.807) is 29.2 Å². The summed E-state index contributed by atoms with van der Waals surface area (Å²) < 4.78 is 5.46. The first-order valence-electron chi connectivity index (χ1n) is 11.6. The summed E-state index contributed by atoms with van der Waals surface area (Å²) in [5.41, 5.74) is 2.08. The monoisotopic (exact) mass is 476 g/mol. The predicted octanol–water partition coefficient (Wildman–Crippen LogP) is 4.70. The van der Waals surface area contributed by atoms with E-state index in [1.807, 2.05) is 45.0 Å². The lowest BCUT2D eigenvalue weighted by molar-refractivity contribution is -0.121. The van der Waals surface area contributed by atoms with Gasteiger partial charge in [-0.2, -0.15) is 0 Å². The summed E-state index contributed by atoms with van der Waals surface area (Å²) in [5.74, 6) is -0.423. The number of phenolic OH excluding ortho intramolecular Hbond substituents is 1. The summed E-state index contributed by atoms with van der Waals surface area (Å²) in [6.45, 7) is 7.96. The van der Waals surface area contributed by atoms with Crippen LogP contribution in [0.4, 0.5) is 10.5 Å². The normalized spacial score (nSPS) is 14.5. The fraction of sp³-hybridized carbons (Fsp3) is 0.321. The second-order valence-corrected chi connectivity index (χ2v) is 9.38. The maximum absolute atomic E-state index is 12.4. The molecule has 1 saturated heterocycles. The van der Waals surface area contributed by atoms with Crippen LogP contribution < -0.4 is 4.90 Å². The highest BCUT2D eigenvalue weighted by Gasteiger charge is 2.26. The number of ketones is 2. The highest BCUT2D eigenvalue weighted by atomic mass is 16.6. The van der Waals surface area contributed by atoms with Crippen molar-refractivity contribution in [3.05, 3.63) is 71.8 Å². The molecule has 0 radical (unpaired) electrons. The number of carbonyl (C=O) groups is 3. The molecule has 0 aliphatic carbocycles. The van der Waals surface area contributed by atoms with E-state index in [1.165, 1.54) is 24.3 Å². The largest absolute Gasteiger partial charge is 0.508 e. The van der Waals surface area contributed by atoms with Crippen LogP contribution in [0.1, 0.15) is 38.3 Å². The Hall–Kier alpha value is -3.87. The molecular weight excluding hydrogens is 444 g/mol. The number of rotatable bonds is 7. The molecular formula is C28H32N2O5. The molecule has 3 rings (SSSR count). The number of allylic oxidation sites excluding steroid dienone is 2. The Morgan fingerprint density at radius 1 is 0.886 bits per heavy atom. The Labute approximate surface area is 206 Å². The number of phenols is 1. The van der Waals surface area contributed by atoms with Crippen LogP contribution in [0.15, 0.2) is 60.7 Å². The van der Waals surface area contributed by atoms with E-state index in [0.29, 0.717) is 26.2 Å². The molecule has 0 atom stereocenters. The van der Waals surface area contributed by atoms with Crippen LogP contribution in [0, 0.1) is 0 Å². The number of nitrogens with zero attached hydrogens (tertiary/aromatic N) is 2. The van der Waals surface area contributed by atoms with Crippen LogP contribution in [0.3, 0.4) is 0 Å². The highest BCUT2D eigenvalue weighted by molar-refractivity contribution is 6.11. The Kier molecular flexibility index (Phi) is 8.47. The van der Waals surface area contributed by atoms with Crippen LogP contribution >= 0.6 is 0 Å². The van der Waals surface area contributed by atoms with E-state index >= 15 is 0 Å². The molecule has 0 spiro atoms. The van der Waals surface area contributed by atoms with Crippen molar-refractivity contribution in [3.8, 4) is 5.75 Å². The Balaban J connectivity index is 1.56. The van der Waals surface area contributed by atoms with Gasteiger partial charge in [0.25, 0.3) is 0 Å². The zero-order chi connectivity index (χ0) is 25.4. The Morgan fingerprint density at radius 3 is 2.11 bits per heavy atom. The van der Waals surface area contributed by atoms with Gasteiger partial charge in [0.1, 0.15) is 11.4 Å². The molecule has 35 heavy (non-hydrogen) atoms. The summed E-state index contributed by atoms with van der Waals surface area (Å²) in [6.07, 6.45) is 5.63. The van der Waals surface area contributed by atoms with Crippen molar-refractivity contribution >= 4 is 35.5 Å². The predicted molar refractivity (Wildman–Crippen MR) is 137 cm³/mol. The third kappa shape index (κ3) is 8.14. The zero-order valence-electron chi connectivity index (χ0n) is 20.4. The summed E-state index contributed by atoms with van der Waals surface area (Å²) in [5, 5.41) is 9.31. The molecule has 7 nitrogen and oxygen atoms in total. The fourth-order valence-corrected chi connectivity index (χ4v) is 3.62. The lowest BCUT2D eigenvalue weighted by Gasteiger charge is -2.37. The van der Waals surface area contributed by atoms with Gasteiger partial charge in [0.2, 0.25) is 0 Å². The van der Waals surface area contributed by atoms with Gasteiger partial charge in [-0.05, 0) is 68.3 Å². The molecule has 1 aliphatic rings. The topological polar surface area (TPSA) is 87.2 Å². The van der Waals surface area contributed by atoms with Crippen molar-refractivity contribution in [2.75, 3.05) is 31.1 Å². The molecule has 0 unspecified atom stereocenters. The van der Waals surface area contributed by atoms with Gasteiger partial charge in [0.05, 0.1) is 6.42 Å². The van der Waals surface area contributed by atoms with E-state index in [0.717, 1.165) is 16.8 Å². The molecule has 1 N–H and O–H groups in total. The highest BCUT2D eigenvalue weighted by Crippen LogP contribution is 2.24. The molecule has 184 valence electrons. The molecule has 0 bridgehead atoms. The summed E-state index contributed by atoms with van der Waals surface area (Å²) in [4.78, 5) is 40.7. The van der Waals surface area contributed by atoms with Crippen LogP contribution in [0.25, 0.3) is 12.2 Å². The minimum Gasteiger partial charge on any atom is -0.508 e. The molecule has 1 amide bonds. The molecule has 0 saturated carbocycles. The van der Waals surface area contributed by atoms with E-state index in [9.17, 15) is 19.5 Å². The van der Waals surface area contributed by atoms with Gasteiger partial charge in [0.15, 0.2) is 11.6 Å². The Bertz CT molecular complexity index is 1100. The SMILES string of the molecule is CC(C)(C)OC(=O)N1CCN(c2ccccc2C=CC(=O)CC(=O)C=Cc2ccc(O)cc2)CC1. The van der Waals surface area contributed by atoms with E-state index in [2.05, 4.69) is 4.90 Å². The van der Waals surface area contributed by atoms with Crippen molar-refractivity contribution in [3.63, 3.8) is 0 Å². The van der Waals surface area contributed by atoms with E-state index in [-0.39, 0.29) is 29.8 Å². The number of benzene rings is 2. The lowest BCUT2D eigenvalue weighted by atomic mass is 10.1. The molecule has 1 aliphatic heterocycles. The van der Waals surface area contributed by atoms with Gasteiger partial charge in [-0.25, -0.2) is 4.79 Å². The van der Waals surface area contributed by atoms with Gasteiger partial charge >= 0.3 is 6.09 Å². The number of aromatic hydroxyl groups is 1. The number of para-hydroxylation sites is 1. The number of carbonyl (C=O) groups excluding carboxylic acids is 3. The zero-order valence-corrected chi connectivity index (χ0v) is 20.4. The number of ether oxygens (including phenoxy) is 1. The number of piperazine rings is 1. The first kappa shape index (κ1) is 25.7. The molecule has 1 heterocycles. The second-order valence-electron chi connectivity index (χ2n) is 9.38.